The molecule has 0 aromatic heterocycles. The number of amides is 1. The second-order valence-corrected chi connectivity index (χ2v) is 5.36. The van der Waals surface area contributed by atoms with Gasteiger partial charge in [0.1, 0.15) is 0 Å². The van der Waals surface area contributed by atoms with Crippen LogP contribution in [-0.4, -0.2) is 36.5 Å². The van der Waals surface area contributed by atoms with E-state index in [0.717, 1.165) is 38.6 Å². The number of carbonyl (C=O) groups is 2. The number of ether oxygens (including phenoxy) is 1. The van der Waals surface area contributed by atoms with Crippen LogP contribution in [0.5, 0.6) is 0 Å². The second-order valence-electron chi connectivity index (χ2n) is 5.36. The van der Waals surface area contributed by atoms with Gasteiger partial charge in [-0.05, 0) is 39.0 Å². The third-order valence-electron chi connectivity index (χ3n) is 3.97. The summed E-state index contributed by atoms with van der Waals surface area (Å²) in [5.74, 6) is 0.0598. The van der Waals surface area contributed by atoms with Crippen LogP contribution in [0.4, 0.5) is 0 Å². The highest BCUT2D eigenvalue weighted by Gasteiger charge is 2.32. The van der Waals surface area contributed by atoms with E-state index in [0.29, 0.717) is 13.2 Å². The predicted octanol–water partition coefficient (Wildman–Crippen LogP) is 2.14. The van der Waals surface area contributed by atoms with Gasteiger partial charge in [-0.25, -0.2) is 0 Å². The van der Waals surface area contributed by atoms with Gasteiger partial charge in [0.05, 0.1) is 12.5 Å². The summed E-state index contributed by atoms with van der Waals surface area (Å²) in [5.41, 5.74) is 0. The van der Waals surface area contributed by atoms with E-state index in [2.05, 4.69) is 12.2 Å². The van der Waals surface area contributed by atoms with Crippen molar-refractivity contribution in [1.82, 2.24) is 4.90 Å². The van der Waals surface area contributed by atoms with Crippen molar-refractivity contribution in [2.75, 3.05) is 19.7 Å². The summed E-state index contributed by atoms with van der Waals surface area (Å²) in [4.78, 5) is 26.1. The Morgan fingerprint density at radius 3 is 2.79 bits per heavy atom. The normalized spacial score (nSPS) is 27.1. The molecule has 1 aliphatic carbocycles. The predicted molar refractivity (Wildman–Crippen MR) is 72.4 cm³/mol. The van der Waals surface area contributed by atoms with Crippen LogP contribution in [0.2, 0.25) is 0 Å². The SMILES string of the molecule is CCOC(=O)[C@H]1CCCN(C(=O)[C@@H]2CC=CCC2)C1. The Balaban J connectivity index is 1.91. The standard InChI is InChI=1S/C15H23NO3/c1-2-19-15(18)13-9-6-10-16(11-13)14(17)12-7-4-3-5-8-12/h3-4,12-13H,2,5-11H2,1H3/t12-,13+/m1/s1. The maximum absolute atomic E-state index is 12.4. The van der Waals surface area contributed by atoms with Crippen molar-refractivity contribution in [3.05, 3.63) is 12.2 Å². The third kappa shape index (κ3) is 3.58. The zero-order valence-electron chi connectivity index (χ0n) is 11.6. The maximum atomic E-state index is 12.4. The first kappa shape index (κ1) is 14.1. The second kappa shape index (κ2) is 6.73. The van der Waals surface area contributed by atoms with Gasteiger partial charge in [-0.2, -0.15) is 0 Å². The van der Waals surface area contributed by atoms with Gasteiger partial charge in [0, 0.05) is 19.0 Å². The topological polar surface area (TPSA) is 46.6 Å². The molecule has 0 aromatic carbocycles. The Bertz CT molecular complexity index is 364. The Morgan fingerprint density at radius 2 is 2.11 bits per heavy atom. The molecule has 4 heteroatoms. The Morgan fingerprint density at radius 1 is 1.26 bits per heavy atom. The van der Waals surface area contributed by atoms with Gasteiger partial charge in [-0.1, -0.05) is 12.2 Å². The molecule has 0 N–H and O–H groups in total. The van der Waals surface area contributed by atoms with Crippen LogP contribution < -0.4 is 0 Å². The molecule has 1 amide bonds. The first-order valence-corrected chi connectivity index (χ1v) is 7.32. The van der Waals surface area contributed by atoms with Crippen LogP contribution >= 0.6 is 0 Å². The fourth-order valence-corrected chi connectivity index (χ4v) is 2.91. The molecule has 19 heavy (non-hydrogen) atoms. The van der Waals surface area contributed by atoms with Crippen molar-refractivity contribution in [3.8, 4) is 0 Å². The molecular formula is C15H23NO3. The highest BCUT2D eigenvalue weighted by molar-refractivity contribution is 5.80. The summed E-state index contributed by atoms with van der Waals surface area (Å²) >= 11 is 0. The van der Waals surface area contributed by atoms with Crippen LogP contribution in [0.15, 0.2) is 12.2 Å². The zero-order chi connectivity index (χ0) is 13.7. The number of likely N-dealkylation sites (tertiary alicyclic amines) is 1. The van der Waals surface area contributed by atoms with E-state index in [9.17, 15) is 9.59 Å². The van der Waals surface area contributed by atoms with Crippen molar-refractivity contribution in [2.45, 2.75) is 39.0 Å². The van der Waals surface area contributed by atoms with Crippen molar-refractivity contribution in [1.29, 1.82) is 0 Å². The van der Waals surface area contributed by atoms with E-state index in [-0.39, 0.29) is 23.7 Å². The summed E-state index contributed by atoms with van der Waals surface area (Å²) in [7, 11) is 0. The lowest BCUT2D eigenvalue weighted by Crippen LogP contribution is -2.45. The molecule has 2 atom stereocenters. The highest BCUT2D eigenvalue weighted by atomic mass is 16.5. The first-order valence-electron chi connectivity index (χ1n) is 7.32. The summed E-state index contributed by atoms with van der Waals surface area (Å²) in [6.07, 6.45) is 8.76. The largest absolute Gasteiger partial charge is 0.466 e. The van der Waals surface area contributed by atoms with Crippen LogP contribution in [0.3, 0.4) is 0 Å². The number of esters is 1. The van der Waals surface area contributed by atoms with Crippen molar-refractivity contribution in [2.24, 2.45) is 11.8 Å². The molecule has 0 bridgehead atoms. The van der Waals surface area contributed by atoms with Crippen molar-refractivity contribution < 1.29 is 14.3 Å². The number of rotatable bonds is 3. The Hall–Kier alpha value is -1.32. The van der Waals surface area contributed by atoms with E-state index >= 15 is 0 Å². The van der Waals surface area contributed by atoms with E-state index in [1.54, 1.807) is 0 Å². The van der Waals surface area contributed by atoms with E-state index in [1.807, 2.05) is 11.8 Å². The molecule has 0 spiro atoms. The molecule has 106 valence electrons. The van der Waals surface area contributed by atoms with E-state index in [1.165, 1.54) is 0 Å². The van der Waals surface area contributed by atoms with E-state index in [4.69, 9.17) is 4.74 Å². The molecule has 1 aliphatic heterocycles. The smallest absolute Gasteiger partial charge is 0.310 e. The van der Waals surface area contributed by atoms with Crippen LogP contribution in [0.25, 0.3) is 0 Å². The van der Waals surface area contributed by atoms with Gasteiger partial charge in [-0.3, -0.25) is 9.59 Å². The summed E-state index contributed by atoms with van der Waals surface area (Å²) in [6.45, 7) is 3.56. The minimum Gasteiger partial charge on any atom is -0.466 e. The average molecular weight is 265 g/mol. The van der Waals surface area contributed by atoms with Gasteiger partial charge in [-0.15, -0.1) is 0 Å². The fraction of sp³-hybridized carbons (Fsp3) is 0.733. The quantitative estimate of drug-likeness (QED) is 0.580. The van der Waals surface area contributed by atoms with Crippen LogP contribution in [0.1, 0.15) is 39.0 Å². The lowest BCUT2D eigenvalue weighted by atomic mass is 9.91. The molecule has 2 aliphatic rings. The number of allylic oxidation sites excluding steroid dienone is 2. The van der Waals surface area contributed by atoms with Gasteiger partial charge in [0.25, 0.3) is 0 Å². The molecule has 0 unspecified atom stereocenters. The molecule has 1 saturated heterocycles. The average Bonchev–Trinajstić information content (AvgIpc) is 2.48. The molecule has 1 heterocycles. The van der Waals surface area contributed by atoms with Gasteiger partial charge < -0.3 is 9.64 Å². The van der Waals surface area contributed by atoms with Crippen LogP contribution in [0, 0.1) is 11.8 Å². The van der Waals surface area contributed by atoms with E-state index < -0.39 is 0 Å². The lowest BCUT2D eigenvalue weighted by Gasteiger charge is -2.34. The lowest BCUT2D eigenvalue weighted by molar-refractivity contribution is -0.152. The maximum Gasteiger partial charge on any atom is 0.310 e. The zero-order valence-corrected chi connectivity index (χ0v) is 11.6. The molecule has 2 rings (SSSR count). The molecular weight excluding hydrogens is 242 g/mol. The van der Waals surface area contributed by atoms with Crippen molar-refractivity contribution in [3.63, 3.8) is 0 Å². The fourth-order valence-electron chi connectivity index (χ4n) is 2.91. The number of piperidine rings is 1. The molecule has 4 nitrogen and oxygen atoms in total. The molecule has 1 fully saturated rings. The van der Waals surface area contributed by atoms with Gasteiger partial charge in [0.2, 0.25) is 5.91 Å². The highest BCUT2D eigenvalue weighted by Crippen LogP contribution is 2.24. The summed E-state index contributed by atoms with van der Waals surface area (Å²) < 4.78 is 5.07. The van der Waals surface area contributed by atoms with Crippen LogP contribution in [-0.2, 0) is 14.3 Å². The Kier molecular flexibility index (Phi) is 5.00. The summed E-state index contributed by atoms with van der Waals surface area (Å²) in [6, 6.07) is 0. The minimum absolute atomic E-state index is 0.117. The van der Waals surface area contributed by atoms with Gasteiger partial charge >= 0.3 is 5.97 Å². The Labute approximate surface area is 114 Å². The van der Waals surface area contributed by atoms with Crippen molar-refractivity contribution >= 4 is 11.9 Å². The molecule has 0 aromatic rings. The first-order chi connectivity index (χ1) is 9.22. The third-order valence-corrected chi connectivity index (χ3v) is 3.97. The number of nitrogens with zero attached hydrogens (tertiary/aromatic N) is 1. The number of hydrogen-bond donors (Lipinski definition) is 0. The monoisotopic (exact) mass is 265 g/mol. The van der Waals surface area contributed by atoms with Gasteiger partial charge in [0.15, 0.2) is 0 Å². The molecule has 0 saturated carbocycles. The minimum atomic E-state index is -0.150. The summed E-state index contributed by atoms with van der Waals surface area (Å²) in [5, 5.41) is 0. The number of hydrogen-bond acceptors (Lipinski definition) is 3. The molecule has 0 radical (unpaired) electrons. The number of carbonyl (C=O) groups excluding carboxylic acids is 2.